The molecule has 1 amide bonds. The van der Waals surface area contributed by atoms with E-state index in [0.717, 1.165) is 10.4 Å². The molecule has 1 heterocycles. The smallest absolute Gasteiger partial charge is 0.261 e. The summed E-state index contributed by atoms with van der Waals surface area (Å²) >= 11 is 6.98. The van der Waals surface area contributed by atoms with Crippen molar-refractivity contribution in [2.75, 3.05) is 6.54 Å². The van der Waals surface area contributed by atoms with Crippen LogP contribution >= 0.6 is 22.9 Å². The number of carbonyl (C=O) groups is 1. The third-order valence-electron chi connectivity index (χ3n) is 2.58. The number of halogens is 2. The minimum absolute atomic E-state index is 0.0391. The summed E-state index contributed by atoms with van der Waals surface area (Å²) in [4.78, 5) is 13.3. The largest absolute Gasteiger partial charge is 0.347 e. The highest BCUT2D eigenvalue weighted by Crippen LogP contribution is 2.17. The topological polar surface area (TPSA) is 55.1 Å². The molecule has 0 unspecified atom stereocenters. The van der Waals surface area contributed by atoms with Crippen LogP contribution < -0.4 is 11.1 Å². The van der Waals surface area contributed by atoms with Gasteiger partial charge in [-0.05, 0) is 29.8 Å². The van der Waals surface area contributed by atoms with Crippen LogP contribution in [0.1, 0.15) is 20.1 Å². The monoisotopic (exact) mass is 322 g/mol. The molecule has 1 aromatic carbocycles. The van der Waals surface area contributed by atoms with Gasteiger partial charge in [-0.25, -0.2) is 4.39 Å². The lowest BCUT2D eigenvalue weighted by Crippen LogP contribution is -2.21. The van der Waals surface area contributed by atoms with E-state index in [0.29, 0.717) is 4.88 Å². The Balaban J connectivity index is 1.98. The van der Waals surface area contributed by atoms with Crippen LogP contribution in [-0.4, -0.2) is 12.5 Å². The van der Waals surface area contributed by atoms with Crippen molar-refractivity contribution in [3.8, 4) is 11.8 Å². The minimum atomic E-state index is -0.479. The van der Waals surface area contributed by atoms with E-state index >= 15 is 0 Å². The molecular weight excluding hydrogens is 311 g/mol. The van der Waals surface area contributed by atoms with Crippen molar-refractivity contribution < 1.29 is 9.18 Å². The molecule has 2 aromatic rings. The molecule has 2 rings (SSSR count). The molecule has 21 heavy (non-hydrogen) atoms. The van der Waals surface area contributed by atoms with Gasteiger partial charge in [-0.3, -0.25) is 4.79 Å². The van der Waals surface area contributed by atoms with Crippen LogP contribution in [-0.2, 0) is 6.54 Å². The Morgan fingerprint density at radius 3 is 2.90 bits per heavy atom. The van der Waals surface area contributed by atoms with E-state index < -0.39 is 5.82 Å². The number of hydrogen-bond acceptors (Lipinski definition) is 3. The van der Waals surface area contributed by atoms with Crippen molar-refractivity contribution >= 4 is 28.8 Å². The molecular formula is C15H12ClFN2OS. The second-order valence-electron chi connectivity index (χ2n) is 4.10. The average Bonchev–Trinajstić information content (AvgIpc) is 2.95. The number of thiophene rings is 1. The number of hydrogen-bond donors (Lipinski definition) is 2. The number of benzene rings is 1. The van der Waals surface area contributed by atoms with E-state index in [-0.39, 0.29) is 24.0 Å². The number of rotatable bonds is 3. The molecule has 0 aliphatic carbocycles. The molecule has 0 saturated carbocycles. The van der Waals surface area contributed by atoms with Crippen LogP contribution in [0.2, 0.25) is 5.02 Å². The molecule has 0 saturated heterocycles. The fourth-order valence-corrected chi connectivity index (χ4v) is 2.58. The second kappa shape index (κ2) is 7.23. The molecule has 0 aliphatic rings. The third kappa shape index (κ3) is 4.30. The summed E-state index contributed by atoms with van der Waals surface area (Å²) < 4.78 is 13.0. The van der Waals surface area contributed by atoms with Gasteiger partial charge in [0.1, 0.15) is 5.82 Å². The molecule has 0 atom stereocenters. The van der Waals surface area contributed by atoms with Gasteiger partial charge in [0.25, 0.3) is 5.91 Å². The van der Waals surface area contributed by atoms with Crippen molar-refractivity contribution in [1.82, 2.24) is 5.32 Å². The maximum atomic E-state index is 13.0. The summed E-state index contributed by atoms with van der Waals surface area (Å²) in [5.41, 5.74) is 6.02. The number of carbonyl (C=O) groups excluding carboxylic acids is 1. The summed E-state index contributed by atoms with van der Waals surface area (Å²) in [6, 6.07) is 7.82. The molecule has 0 aliphatic heterocycles. The first kappa shape index (κ1) is 15.5. The van der Waals surface area contributed by atoms with Crippen molar-refractivity contribution in [3.63, 3.8) is 0 Å². The first-order valence-corrected chi connectivity index (χ1v) is 7.30. The first-order chi connectivity index (χ1) is 10.1. The minimum Gasteiger partial charge on any atom is -0.347 e. The lowest BCUT2D eigenvalue weighted by molar-refractivity contribution is 0.0955. The van der Waals surface area contributed by atoms with Crippen LogP contribution in [0.5, 0.6) is 0 Å². The maximum Gasteiger partial charge on any atom is 0.261 e. The molecule has 6 heteroatoms. The fraction of sp³-hybridized carbons (Fsp3) is 0.133. The highest BCUT2D eigenvalue weighted by atomic mass is 35.5. The Hall–Kier alpha value is -1.87. The lowest BCUT2D eigenvalue weighted by atomic mass is 10.2. The SMILES string of the molecule is NCC#Cc1ccc(C(=O)NCc2ccc(F)c(Cl)c2)s1. The Morgan fingerprint density at radius 2 is 2.19 bits per heavy atom. The molecule has 0 fully saturated rings. The van der Waals surface area contributed by atoms with E-state index in [4.69, 9.17) is 17.3 Å². The van der Waals surface area contributed by atoms with Gasteiger partial charge in [0.2, 0.25) is 0 Å². The third-order valence-corrected chi connectivity index (χ3v) is 3.87. The second-order valence-corrected chi connectivity index (χ2v) is 5.59. The molecule has 3 nitrogen and oxygen atoms in total. The summed E-state index contributed by atoms with van der Waals surface area (Å²) in [6.07, 6.45) is 0. The summed E-state index contributed by atoms with van der Waals surface area (Å²) in [7, 11) is 0. The van der Waals surface area contributed by atoms with E-state index in [9.17, 15) is 9.18 Å². The Kier molecular flexibility index (Phi) is 5.34. The summed E-state index contributed by atoms with van der Waals surface area (Å²) in [5.74, 6) is 4.92. The Morgan fingerprint density at radius 1 is 1.38 bits per heavy atom. The van der Waals surface area contributed by atoms with Gasteiger partial charge < -0.3 is 11.1 Å². The van der Waals surface area contributed by atoms with Gasteiger partial charge in [0.15, 0.2) is 0 Å². The van der Waals surface area contributed by atoms with Crippen LogP contribution in [0, 0.1) is 17.7 Å². The van der Waals surface area contributed by atoms with Crippen LogP contribution in [0.25, 0.3) is 0 Å². The standard InChI is InChI=1S/C15H12ClFN2OS/c16-12-8-10(3-5-13(12)17)9-19-15(20)14-6-4-11(21-14)2-1-7-18/h3-6,8H,7,9,18H2,(H,19,20). The van der Waals surface area contributed by atoms with Crippen molar-refractivity contribution in [3.05, 3.63) is 56.5 Å². The van der Waals surface area contributed by atoms with Gasteiger partial charge in [-0.15, -0.1) is 11.3 Å². The molecule has 1 aromatic heterocycles. The van der Waals surface area contributed by atoms with Gasteiger partial charge >= 0.3 is 0 Å². The number of nitrogens with one attached hydrogen (secondary N) is 1. The van der Waals surface area contributed by atoms with E-state index in [1.54, 1.807) is 18.2 Å². The van der Waals surface area contributed by atoms with Crippen molar-refractivity contribution in [1.29, 1.82) is 0 Å². The van der Waals surface area contributed by atoms with Crippen LogP contribution in [0.15, 0.2) is 30.3 Å². The number of nitrogens with two attached hydrogens (primary N) is 1. The van der Waals surface area contributed by atoms with E-state index in [2.05, 4.69) is 17.2 Å². The number of amides is 1. The lowest BCUT2D eigenvalue weighted by Gasteiger charge is -2.04. The molecule has 0 bridgehead atoms. The van der Waals surface area contributed by atoms with Crippen molar-refractivity contribution in [2.24, 2.45) is 5.73 Å². The zero-order valence-electron chi connectivity index (χ0n) is 11.0. The van der Waals surface area contributed by atoms with Gasteiger partial charge in [0.05, 0.1) is 21.3 Å². The molecule has 3 N–H and O–H groups in total. The fourth-order valence-electron chi connectivity index (χ4n) is 1.58. The zero-order valence-corrected chi connectivity index (χ0v) is 12.5. The summed E-state index contributed by atoms with van der Waals surface area (Å²) in [5, 5.41) is 2.79. The predicted molar refractivity (Wildman–Crippen MR) is 82.8 cm³/mol. The summed E-state index contributed by atoms with van der Waals surface area (Å²) in [6.45, 7) is 0.561. The molecule has 0 radical (unpaired) electrons. The average molecular weight is 323 g/mol. The van der Waals surface area contributed by atoms with Gasteiger partial charge in [-0.1, -0.05) is 29.5 Å². The molecule has 108 valence electrons. The van der Waals surface area contributed by atoms with E-state index in [1.807, 2.05) is 0 Å². The van der Waals surface area contributed by atoms with Crippen molar-refractivity contribution in [2.45, 2.75) is 6.54 Å². The normalized spacial score (nSPS) is 9.86. The van der Waals surface area contributed by atoms with Crippen LogP contribution in [0.3, 0.4) is 0 Å². The maximum absolute atomic E-state index is 13.0. The zero-order chi connectivity index (χ0) is 15.2. The highest BCUT2D eigenvalue weighted by molar-refractivity contribution is 7.14. The Labute approximate surface area is 130 Å². The quantitative estimate of drug-likeness (QED) is 0.854. The van der Waals surface area contributed by atoms with Crippen LogP contribution in [0.4, 0.5) is 4.39 Å². The molecule has 0 spiro atoms. The Bertz CT molecular complexity index is 718. The van der Waals surface area contributed by atoms with E-state index in [1.165, 1.54) is 23.5 Å². The van der Waals surface area contributed by atoms with Gasteiger partial charge in [-0.2, -0.15) is 0 Å². The first-order valence-electron chi connectivity index (χ1n) is 6.11. The van der Waals surface area contributed by atoms with Gasteiger partial charge in [0, 0.05) is 6.54 Å². The predicted octanol–water partition coefficient (Wildman–Crippen LogP) is 2.78. The highest BCUT2D eigenvalue weighted by Gasteiger charge is 2.09.